The maximum atomic E-state index is 15.4. The number of furan rings is 2. The zero-order valence-corrected chi connectivity index (χ0v) is 30.5. The third-order valence-corrected chi connectivity index (χ3v) is 10.5. The molecule has 0 saturated heterocycles. The van der Waals surface area contributed by atoms with Gasteiger partial charge < -0.3 is 8.83 Å². The van der Waals surface area contributed by atoms with Gasteiger partial charge in [-0.3, -0.25) is 0 Å². The molecule has 30 heteroatoms. The van der Waals surface area contributed by atoms with Gasteiger partial charge in [-0.05, 0) is 33.4 Å². The highest BCUT2D eigenvalue weighted by Crippen LogP contribution is 2.31. The van der Waals surface area contributed by atoms with Crippen LogP contribution in [0.2, 0.25) is 0 Å². The first kappa shape index (κ1) is 46.5. The van der Waals surface area contributed by atoms with Gasteiger partial charge in [-0.2, -0.15) is 0 Å². The fourth-order valence-corrected chi connectivity index (χ4v) is 7.79. The Morgan fingerprint density at radius 1 is 0.339 bits per heavy atom. The lowest BCUT2D eigenvalue weighted by molar-refractivity contribution is -0.635. The van der Waals surface area contributed by atoms with E-state index in [4.69, 9.17) is 19.9 Å². The second kappa shape index (κ2) is 17.4. The van der Waals surface area contributed by atoms with Crippen LogP contribution in [0.5, 0.6) is 0 Å². The quantitative estimate of drug-likeness (QED) is 0.0246. The molecule has 0 aliphatic carbocycles. The average Bonchev–Trinajstić information content (AvgIpc) is 3.89. The minimum absolute atomic E-state index is 0.226. The molecule has 0 fully saturated rings. The van der Waals surface area contributed by atoms with E-state index in [0.29, 0.717) is 7.53 Å². The van der Waals surface area contributed by atoms with Crippen molar-refractivity contribution < 1.29 is 118 Å². The number of hydrogen-bond donors (Lipinski definition) is 0. The van der Waals surface area contributed by atoms with Crippen molar-refractivity contribution in [3.63, 3.8) is 0 Å². The molecule has 8 nitrogen and oxygen atoms in total. The van der Waals surface area contributed by atoms with Gasteiger partial charge in [0.1, 0.15) is 52.7 Å². The first-order valence-corrected chi connectivity index (χ1v) is 17.4. The van der Waals surface area contributed by atoms with Crippen LogP contribution in [0.15, 0.2) is 43.3 Å². The molecule has 2 heterocycles. The SMILES string of the molecule is Fc1c(F)c(F)c([B-](c2c(F)c(F)c(F)c(F)c2F)(c2c(F)c(F)c(F)c(F)c2F)c2c(F)c(F)c(F)c(F)c2F)c(F)c1F.[N-]=[N+]=Nc1ccc([I+]c2ccc(N=[N+]=[N-])o2)o1. The van der Waals surface area contributed by atoms with E-state index in [2.05, 4.69) is 20.1 Å². The predicted molar refractivity (Wildman–Crippen MR) is 162 cm³/mol. The maximum absolute atomic E-state index is 15.4. The number of nitrogens with zero attached hydrogens (tertiary/aromatic N) is 6. The van der Waals surface area contributed by atoms with E-state index < -0.39 is 166 Å². The Morgan fingerprint density at radius 3 is 0.726 bits per heavy atom. The Kier molecular flexibility index (Phi) is 13.1. The number of azide groups is 2. The molecule has 0 N–H and O–H groups in total. The van der Waals surface area contributed by atoms with Crippen LogP contribution >= 0.6 is 0 Å². The summed E-state index contributed by atoms with van der Waals surface area (Å²) in [5.41, 5.74) is 2.12. The van der Waals surface area contributed by atoms with Gasteiger partial charge in [0.15, 0.2) is 81.6 Å². The summed E-state index contributed by atoms with van der Waals surface area (Å²) in [5, 5.41) is 6.68. The summed E-state index contributed by atoms with van der Waals surface area (Å²) in [5.74, 6) is -71.0. The van der Waals surface area contributed by atoms with Crippen LogP contribution in [-0.2, 0) is 0 Å². The van der Waals surface area contributed by atoms with Crippen LogP contribution in [0.25, 0.3) is 20.9 Å². The Hall–Kier alpha value is -6.55. The molecule has 0 spiro atoms. The molecule has 0 aliphatic rings. The summed E-state index contributed by atoms with van der Waals surface area (Å²) >= 11 is -0.652. The van der Waals surface area contributed by atoms with Gasteiger partial charge in [-0.15, -0.1) is 21.9 Å². The van der Waals surface area contributed by atoms with E-state index in [9.17, 15) is 52.7 Å². The lowest BCUT2D eigenvalue weighted by Crippen LogP contribution is -3.61. The maximum Gasteiger partial charge on any atom is 0.442 e. The molecular formula is C32H4BF20IN6O2. The largest absolute Gasteiger partial charge is 0.442 e. The van der Waals surface area contributed by atoms with E-state index in [1.165, 1.54) is 0 Å². The Balaban J connectivity index is 0.000000355. The smallest absolute Gasteiger partial charge is 0.416 e. The van der Waals surface area contributed by atoms with Gasteiger partial charge in [-0.1, -0.05) is 0 Å². The van der Waals surface area contributed by atoms with Crippen LogP contribution < -0.4 is 43.1 Å². The van der Waals surface area contributed by atoms with Crippen molar-refractivity contribution in [3.8, 4) is 0 Å². The molecule has 324 valence electrons. The minimum Gasteiger partial charge on any atom is -0.416 e. The standard InChI is InChI=1S/C24BF20.C8H4IN6O2/c26-5-1(6(27)14(35)21(42)13(5)34)25(2-7(28)15(36)22(43)16(37)8(2)29,3-9(30)17(38)23(44)18(39)10(3)31)4-11(32)19(40)24(45)20(41)12(4)33;10-14-12-7-3-1-5(16-7)9-6-2-4-8(17-6)13-15-11/h;1-4H/q-1;+1. The Morgan fingerprint density at radius 2 is 0.532 bits per heavy atom. The molecule has 62 heavy (non-hydrogen) atoms. The summed E-state index contributed by atoms with van der Waals surface area (Å²) in [4.78, 5) is 5.24. The van der Waals surface area contributed by atoms with Crippen LogP contribution in [0, 0.1) is 124 Å². The van der Waals surface area contributed by atoms with Crippen LogP contribution in [0.3, 0.4) is 0 Å². The van der Waals surface area contributed by atoms with E-state index in [-0.39, 0.29) is 11.8 Å². The van der Waals surface area contributed by atoms with E-state index in [0.717, 1.165) is 0 Å². The molecule has 0 bridgehead atoms. The van der Waals surface area contributed by atoms with Crippen molar-refractivity contribution in [1.82, 2.24) is 0 Å². The van der Waals surface area contributed by atoms with Crippen molar-refractivity contribution in [3.05, 3.63) is 169 Å². The molecule has 0 radical (unpaired) electrons. The fraction of sp³-hybridized carbons (Fsp3) is 0. The van der Waals surface area contributed by atoms with Crippen LogP contribution in [0.4, 0.5) is 99.6 Å². The molecule has 6 aromatic rings. The number of halogens is 21. The summed E-state index contributed by atoms with van der Waals surface area (Å²) in [6.07, 6.45) is -7.22. The Labute approximate surface area is 336 Å². The fourth-order valence-electron chi connectivity index (χ4n) is 5.87. The second-order valence-corrected chi connectivity index (χ2v) is 14.1. The third kappa shape index (κ3) is 7.35. The lowest BCUT2D eigenvalue weighted by Gasteiger charge is -2.44. The minimum atomic E-state index is -7.22. The highest BCUT2D eigenvalue weighted by atomic mass is 127. The first-order valence-electron chi connectivity index (χ1n) is 15.2. The zero-order valence-electron chi connectivity index (χ0n) is 28.3. The highest BCUT2D eigenvalue weighted by molar-refractivity contribution is 7.20. The molecule has 0 amide bonds. The van der Waals surface area contributed by atoms with Crippen molar-refractivity contribution in [2.75, 3.05) is 0 Å². The molecule has 2 aromatic heterocycles. The number of hydrogen-bond acceptors (Lipinski definition) is 4. The first-order chi connectivity index (χ1) is 29.0. The predicted octanol–water partition coefficient (Wildman–Crippen LogP) is 6.73. The highest BCUT2D eigenvalue weighted by Gasteiger charge is 2.52. The molecule has 6 rings (SSSR count). The number of rotatable bonds is 8. The summed E-state index contributed by atoms with van der Waals surface area (Å²) in [6.45, 7) is 0. The van der Waals surface area contributed by atoms with Gasteiger partial charge in [-0.25, -0.2) is 87.8 Å². The molecule has 4 aromatic carbocycles. The molecule has 0 atom stereocenters. The van der Waals surface area contributed by atoms with Gasteiger partial charge in [0.05, 0.1) is 0 Å². The molecular weight excluding hydrogens is 1020 g/mol. The van der Waals surface area contributed by atoms with Gasteiger partial charge in [0.2, 0.25) is 0 Å². The topological polar surface area (TPSA) is 124 Å². The van der Waals surface area contributed by atoms with Crippen LogP contribution in [0.1, 0.15) is 0 Å². The number of benzene rings is 4. The van der Waals surface area contributed by atoms with E-state index in [1.807, 2.05) is 0 Å². The summed E-state index contributed by atoms with van der Waals surface area (Å²) in [7, 11) is 0. The average molecular weight is 1020 g/mol. The monoisotopic (exact) mass is 1020 g/mol. The van der Waals surface area contributed by atoms with Crippen LogP contribution in [-0.4, -0.2) is 6.15 Å². The zero-order chi connectivity index (χ0) is 46.4. The van der Waals surface area contributed by atoms with Gasteiger partial charge in [0.25, 0.3) is 0 Å². The molecule has 0 aliphatic heterocycles. The van der Waals surface area contributed by atoms with Crippen molar-refractivity contribution in [2.24, 2.45) is 10.2 Å². The molecule has 0 saturated carbocycles. The summed E-state index contributed by atoms with van der Waals surface area (Å²) < 4.78 is 306. The second-order valence-electron chi connectivity index (χ2n) is 11.4. The van der Waals surface area contributed by atoms with E-state index in [1.54, 1.807) is 24.3 Å². The lowest BCUT2D eigenvalue weighted by atomic mass is 9.12. The normalized spacial score (nSPS) is 11.3. The van der Waals surface area contributed by atoms with Gasteiger partial charge in [0, 0.05) is 22.0 Å². The molecule has 0 unspecified atom stereocenters. The van der Waals surface area contributed by atoms with Gasteiger partial charge >= 0.3 is 28.7 Å². The van der Waals surface area contributed by atoms with E-state index >= 15 is 35.1 Å². The third-order valence-electron chi connectivity index (χ3n) is 8.30. The summed E-state index contributed by atoms with van der Waals surface area (Å²) in [6, 6.07) is 6.64. The van der Waals surface area contributed by atoms with Crippen molar-refractivity contribution in [1.29, 1.82) is 0 Å². The Bertz CT molecular complexity index is 2500. The van der Waals surface area contributed by atoms with Crippen molar-refractivity contribution in [2.45, 2.75) is 0 Å². The van der Waals surface area contributed by atoms with Crippen molar-refractivity contribution >= 4 is 39.8 Å².